The summed E-state index contributed by atoms with van der Waals surface area (Å²) in [5.41, 5.74) is 2.36. The second kappa shape index (κ2) is 4.87. The maximum Gasteiger partial charge on any atom is 0.0922 e. The van der Waals surface area contributed by atoms with Gasteiger partial charge in [0.05, 0.1) is 5.60 Å². The van der Waals surface area contributed by atoms with Gasteiger partial charge in [0.25, 0.3) is 0 Å². The van der Waals surface area contributed by atoms with Crippen LogP contribution in [0.5, 0.6) is 0 Å². The number of hydrogen-bond acceptors (Lipinski definition) is 1. The monoisotopic (exact) mass is 272 g/mol. The minimum Gasteiger partial charge on any atom is -0.385 e. The lowest BCUT2D eigenvalue weighted by Crippen LogP contribution is -2.41. The van der Waals surface area contributed by atoms with Crippen molar-refractivity contribution >= 4 is 0 Å². The maximum atomic E-state index is 11.2. The molecule has 0 radical (unpaired) electrons. The summed E-state index contributed by atoms with van der Waals surface area (Å²) in [6, 6.07) is 8.82. The van der Waals surface area contributed by atoms with Crippen molar-refractivity contribution in [1.29, 1.82) is 0 Å². The van der Waals surface area contributed by atoms with E-state index in [0.29, 0.717) is 11.3 Å². The van der Waals surface area contributed by atoms with Crippen LogP contribution < -0.4 is 0 Å². The van der Waals surface area contributed by atoms with Crippen LogP contribution in [0.4, 0.5) is 0 Å². The van der Waals surface area contributed by atoms with Gasteiger partial charge < -0.3 is 5.11 Å². The summed E-state index contributed by atoms with van der Waals surface area (Å²) in [5.74, 6) is 1.08. The lowest BCUT2D eigenvalue weighted by Gasteiger charge is -2.45. The van der Waals surface area contributed by atoms with Crippen molar-refractivity contribution < 1.29 is 5.11 Å². The third-order valence-corrected chi connectivity index (χ3v) is 5.82. The summed E-state index contributed by atoms with van der Waals surface area (Å²) in [6.45, 7) is 6.87. The van der Waals surface area contributed by atoms with Crippen LogP contribution in [0, 0.1) is 11.3 Å². The smallest absolute Gasteiger partial charge is 0.0922 e. The standard InChI is InChI=1S/C19H28O/c1-14-13-18(2,3)10-11-19(14,20)17-9-5-8-16(12-17)15-6-4-7-15/h5,8-9,12,14-15,20H,4,6-7,10-11,13H2,1-3H3. The lowest BCUT2D eigenvalue weighted by atomic mass is 9.63. The van der Waals surface area contributed by atoms with Gasteiger partial charge >= 0.3 is 0 Å². The Hall–Kier alpha value is -0.820. The third kappa shape index (κ3) is 2.41. The van der Waals surface area contributed by atoms with Crippen LogP contribution in [-0.4, -0.2) is 5.11 Å². The topological polar surface area (TPSA) is 20.2 Å². The first-order chi connectivity index (χ1) is 9.41. The molecule has 2 aliphatic rings. The van der Waals surface area contributed by atoms with Crippen molar-refractivity contribution in [3.63, 3.8) is 0 Å². The molecule has 0 aromatic heterocycles. The molecule has 1 nitrogen and oxygen atoms in total. The lowest BCUT2D eigenvalue weighted by molar-refractivity contribution is -0.0770. The van der Waals surface area contributed by atoms with Crippen molar-refractivity contribution in [2.45, 2.75) is 70.8 Å². The highest BCUT2D eigenvalue weighted by Gasteiger charge is 2.43. The number of benzene rings is 1. The van der Waals surface area contributed by atoms with E-state index in [4.69, 9.17) is 0 Å². The molecule has 0 bridgehead atoms. The van der Waals surface area contributed by atoms with Gasteiger partial charge in [-0.05, 0) is 60.5 Å². The average molecular weight is 272 g/mol. The van der Waals surface area contributed by atoms with E-state index in [-0.39, 0.29) is 0 Å². The fourth-order valence-electron chi connectivity index (χ4n) is 4.11. The number of aliphatic hydroxyl groups is 1. The molecule has 1 aromatic carbocycles. The molecule has 1 N–H and O–H groups in total. The number of hydrogen-bond donors (Lipinski definition) is 1. The summed E-state index contributed by atoms with van der Waals surface area (Å²) in [5, 5.41) is 11.2. The van der Waals surface area contributed by atoms with Gasteiger partial charge in [0.15, 0.2) is 0 Å². The highest BCUT2D eigenvalue weighted by atomic mass is 16.3. The van der Waals surface area contributed by atoms with Gasteiger partial charge in [0.2, 0.25) is 0 Å². The third-order valence-electron chi connectivity index (χ3n) is 5.82. The maximum absolute atomic E-state index is 11.2. The van der Waals surface area contributed by atoms with Crippen LogP contribution in [0.25, 0.3) is 0 Å². The van der Waals surface area contributed by atoms with E-state index < -0.39 is 5.60 Å². The van der Waals surface area contributed by atoms with Gasteiger partial charge in [-0.3, -0.25) is 0 Å². The van der Waals surface area contributed by atoms with E-state index in [9.17, 15) is 5.11 Å². The molecule has 0 heterocycles. The summed E-state index contributed by atoms with van der Waals surface area (Å²) in [6.07, 6.45) is 7.13. The summed E-state index contributed by atoms with van der Waals surface area (Å²) < 4.78 is 0. The molecule has 2 aliphatic carbocycles. The second-order valence-electron chi connectivity index (χ2n) is 7.95. The highest BCUT2D eigenvalue weighted by molar-refractivity contribution is 5.32. The van der Waals surface area contributed by atoms with Gasteiger partial charge in [0, 0.05) is 0 Å². The fourth-order valence-corrected chi connectivity index (χ4v) is 4.11. The first-order valence-electron chi connectivity index (χ1n) is 8.24. The van der Waals surface area contributed by atoms with E-state index in [1.807, 2.05) is 0 Å². The molecule has 0 aliphatic heterocycles. The quantitative estimate of drug-likeness (QED) is 0.804. The van der Waals surface area contributed by atoms with Crippen LogP contribution in [-0.2, 0) is 5.60 Å². The van der Waals surface area contributed by atoms with E-state index in [1.54, 1.807) is 0 Å². The van der Waals surface area contributed by atoms with Crippen molar-refractivity contribution in [2.75, 3.05) is 0 Å². The Morgan fingerprint density at radius 3 is 2.50 bits per heavy atom. The van der Waals surface area contributed by atoms with Gasteiger partial charge in [-0.1, -0.05) is 51.5 Å². The first-order valence-corrected chi connectivity index (χ1v) is 8.24. The summed E-state index contributed by atoms with van der Waals surface area (Å²) in [4.78, 5) is 0. The largest absolute Gasteiger partial charge is 0.385 e. The zero-order valence-electron chi connectivity index (χ0n) is 13.2. The average Bonchev–Trinajstić information content (AvgIpc) is 2.32. The van der Waals surface area contributed by atoms with E-state index in [0.717, 1.165) is 30.7 Å². The first kappa shape index (κ1) is 14.1. The second-order valence-corrected chi connectivity index (χ2v) is 7.95. The molecule has 1 heteroatoms. The fraction of sp³-hybridized carbons (Fsp3) is 0.684. The predicted molar refractivity (Wildman–Crippen MR) is 83.7 cm³/mol. The van der Waals surface area contributed by atoms with Crippen LogP contribution in [0.2, 0.25) is 0 Å². The van der Waals surface area contributed by atoms with Crippen molar-refractivity contribution in [3.05, 3.63) is 35.4 Å². The van der Waals surface area contributed by atoms with Crippen LogP contribution in [0.3, 0.4) is 0 Å². The zero-order chi connectivity index (χ0) is 14.4. The molecule has 2 saturated carbocycles. The molecule has 2 atom stereocenters. The van der Waals surface area contributed by atoms with E-state index >= 15 is 0 Å². The molecule has 0 saturated heterocycles. The normalized spacial score (nSPS) is 33.7. The molecule has 0 amide bonds. The Morgan fingerprint density at radius 2 is 1.90 bits per heavy atom. The van der Waals surface area contributed by atoms with Crippen molar-refractivity contribution in [2.24, 2.45) is 11.3 Å². The molecule has 20 heavy (non-hydrogen) atoms. The molecule has 3 rings (SSSR count). The molecule has 110 valence electrons. The summed E-state index contributed by atoms with van der Waals surface area (Å²) in [7, 11) is 0. The molecular weight excluding hydrogens is 244 g/mol. The molecule has 2 unspecified atom stereocenters. The molecule has 0 spiro atoms. The minimum absolute atomic E-state index is 0.336. The van der Waals surface area contributed by atoms with Crippen molar-refractivity contribution in [3.8, 4) is 0 Å². The molecule has 1 aromatic rings. The zero-order valence-corrected chi connectivity index (χ0v) is 13.2. The van der Waals surface area contributed by atoms with Gasteiger partial charge in [-0.2, -0.15) is 0 Å². The Labute approximate surface area is 123 Å². The van der Waals surface area contributed by atoms with Gasteiger partial charge in [-0.25, -0.2) is 0 Å². The molecular formula is C19H28O. The van der Waals surface area contributed by atoms with E-state index in [1.165, 1.54) is 24.8 Å². The summed E-state index contributed by atoms with van der Waals surface area (Å²) >= 11 is 0. The number of rotatable bonds is 2. The molecule has 2 fully saturated rings. The van der Waals surface area contributed by atoms with Gasteiger partial charge in [-0.15, -0.1) is 0 Å². The Kier molecular flexibility index (Phi) is 3.44. The van der Waals surface area contributed by atoms with Gasteiger partial charge in [0.1, 0.15) is 0 Å². The van der Waals surface area contributed by atoms with Crippen LogP contribution in [0.15, 0.2) is 24.3 Å². The minimum atomic E-state index is -0.616. The Morgan fingerprint density at radius 1 is 1.15 bits per heavy atom. The van der Waals surface area contributed by atoms with Crippen molar-refractivity contribution in [1.82, 2.24) is 0 Å². The Bertz CT molecular complexity index is 486. The van der Waals surface area contributed by atoms with E-state index in [2.05, 4.69) is 45.0 Å². The van der Waals surface area contributed by atoms with Crippen LogP contribution >= 0.6 is 0 Å². The highest BCUT2D eigenvalue weighted by Crippen LogP contribution is 2.49. The Balaban J connectivity index is 1.87. The predicted octanol–water partition coefficient (Wildman–Crippen LogP) is 4.99. The van der Waals surface area contributed by atoms with Crippen LogP contribution in [0.1, 0.15) is 76.3 Å². The SMILES string of the molecule is CC1CC(C)(C)CCC1(O)c1cccc(C2CCC2)c1.